The summed E-state index contributed by atoms with van der Waals surface area (Å²) < 4.78 is 29.9. The average molecular weight is 489 g/mol. The highest BCUT2D eigenvalue weighted by Gasteiger charge is 2.32. The number of rotatable bonds is 7. The summed E-state index contributed by atoms with van der Waals surface area (Å²) in [6, 6.07) is 21.1. The molecule has 0 bridgehead atoms. The number of carbonyl (C=O) groups excluding carboxylic acids is 1. The van der Waals surface area contributed by atoms with Gasteiger partial charge in [0, 0.05) is 44.5 Å². The van der Waals surface area contributed by atoms with E-state index in [2.05, 4.69) is 22.4 Å². The molecule has 3 aromatic carbocycles. The van der Waals surface area contributed by atoms with Crippen LogP contribution >= 0.6 is 0 Å². The number of imidazole rings is 1. The van der Waals surface area contributed by atoms with Gasteiger partial charge < -0.3 is 9.88 Å². The summed E-state index contributed by atoms with van der Waals surface area (Å²) in [7, 11) is -3.59. The second-order valence-corrected chi connectivity index (χ2v) is 10.9. The summed E-state index contributed by atoms with van der Waals surface area (Å²) in [5.74, 6) is -0.208. The fourth-order valence-corrected chi connectivity index (χ4v) is 6.10. The van der Waals surface area contributed by atoms with E-state index in [1.807, 2.05) is 53.2 Å². The van der Waals surface area contributed by atoms with Crippen molar-refractivity contribution in [2.24, 2.45) is 5.92 Å². The zero-order valence-corrected chi connectivity index (χ0v) is 20.2. The van der Waals surface area contributed by atoms with Crippen molar-refractivity contribution >= 4 is 26.7 Å². The monoisotopic (exact) mass is 488 g/mol. The molecular formula is C27H28N4O3S. The number of benzene rings is 3. The van der Waals surface area contributed by atoms with E-state index in [9.17, 15) is 13.2 Å². The minimum Gasteiger partial charge on any atom is -0.352 e. The van der Waals surface area contributed by atoms with Crippen molar-refractivity contribution in [3.63, 3.8) is 0 Å². The Balaban J connectivity index is 1.16. The van der Waals surface area contributed by atoms with Crippen LogP contribution in [0.3, 0.4) is 0 Å². The van der Waals surface area contributed by atoms with E-state index < -0.39 is 10.0 Å². The zero-order chi connectivity index (χ0) is 24.3. The number of nitrogens with zero attached hydrogens (tertiary/aromatic N) is 3. The van der Waals surface area contributed by atoms with E-state index in [4.69, 9.17) is 0 Å². The molecule has 1 aliphatic heterocycles. The Labute approximate surface area is 205 Å². The first-order chi connectivity index (χ1) is 17.0. The number of amides is 1. The molecule has 1 aromatic heterocycles. The number of hydrogen-bond acceptors (Lipinski definition) is 4. The van der Waals surface area contributed by atoms with Gasteiger partial charge in [-0.25, -0.2) is 13.4 Å². The zero-order valence-electron chi connectivity index (χ0n) is 19.4. The Kier molecular flexibility index (Phi) is 6.66. The molecule has 35 heavy (non-hydrogen) atoms. The first-order valence-corrected chi connectivity index (χ1v) is 13.2. The van der Waals surface area contributed by atoms with Gasteiger partial charge in [-0.15, -0.1) is 0 Å². The van der Waals surface area contributed by atoms with Crippen molar-refractivity contribution < 1.29 is 13.2 Å². The number of carbonyl (C=O) groups is 1. The van der Waals surface area contributed by atoms with Crippen LogP contribution in [0.25, 0.3) is 10.8 Å². The minimum atomic E-state index is -3.59. The molecule has 0 unspecified atom stereocenters. The average Bonchev–Trinajstić information content (AvgIpc) is 3.40. The lowest BCUT2D eigenvalue weighted by Gasteiger charge is -2.30. The number of aromatic nitrogens is 2. The van der Waals surface area contributed by atoms with E-state index in [-0.39, 0.29) is 11.8 Å². The number of hydrogen-bond donors (Lipinski definition) is 1. The van der Waals surface area contributed by atoms with Crippen LogP contribution in [0.2, 0.25) is 0 Å². The maximum atomic E-state index is 13.2. The van der Waals surface area contributed by atoms with Crippen LogP contribution in [0.4, 0.5) is 0 Å². The third-order valence-electron chi connectivity index (χ3n) is 6.57. The standard InChI is InChI=1S/C27H28N4O3S/c32-27(29-18-21-4-3-5-22(16-21)19-30-15-12-28-20-30)24-10-13-31(14-11-24)35(33,34)26-9-8-23-6-1-2-7-25(23)17-26/h1-9,12,15-17,20,24H,10-11,13-14,18-19H2,(H,29,32). The molecular weight excluding hydrogens is 460 g/mol. The third kappa shape index (κ3) is 5.28. The molecule has 0 aliphatic carbocycles. The minimum absolute atomic E-state index is 0.0206. The molecule has 5 rings (SSSR count). The topological polar surface area (TPSA) is 84.3 Å². The molecule has 0 saturated carbocycles. The number of sulfonamides is 1. The van der Waals surface area contributed by atoms with Crippen molar-refractivity contribution in [3.8, 4) is 0 Å². The molecule has 180 valence electrons. The van der Waals surface area contributed by atoms with Crippen LogP contribution in [0.5, 0.6) is 0 Å². The second-order valence-electron chi connectivity index (χ2n) is 8.96. The van der Waals surface area contributed by atoms with Crippen LogP contribution < -0.4 is 5.32 Å². The number of nitrogens with one attached hydrogen (secondary N) is 1. The number of piperidine rings is 1. The maximum absolute atomic E-state index is 13.2. The van der Waals surface area contributed by atoms with Gasteiger partial charge in [0.25, 0.3) is 0 Å². The summed E-state index contributed by atoms with van der Waals surface area (Å²) >= 11 is 0. The van der Waals surface area contributed by atoms with Crippen LogP contribution in [0.1, 0.15) is 24.0 Å². The van der Waals surface area contributed by atoms with E-state index in [1.54, 1.807) is 24.7 Å². The molecule has 1 fully saturated rings. The van der Waals surface area contributed by atoms with Gasteiger partial charge >= 0.3 is 0 Å². The van der Waals surface area contributed by atoms with Crippen LogP contribution in [-0.4, -0.2) is 41.3 Å². The van der Waals surface area contributed by atoms with E-state index in [0.717, 1.165) is 28.4 Å². The smallest absolute Gasteiger partial charge is 0.243 e. The van der Waals surface area contributed by atoms with Gasteiger partial charge in [0.05, 0.1) is 11.2 Å². The lowest BCUT2D eigenvalue weighted by molar-refractivity contribution is -0.126. The van der Waals surface area contributed by atoms with Crippen molar-refractivity contribution in [2.45, 2.75) is 30.8 Å². The van der Waals surface area contributed by atoms with Crippen molar-refractivity contribution in [1.82, 2.24) is 19.2 Å². The molecule has 0 atom stereocenters. The number of fused-ring (bicyclic) bond motifs is 1. The van der Waals surface area contributed by atoms with Crippen molar-refractivity contribution in [3.05, 3.63) is 96.6 Å². The molecule has 1 aliphatic rings. The largest absolute Gasteiger partial charge is 0.352 e. The van der Waals surface area contributed by atoms with Gasteiger partial charge in [0.15, 0.2) is 0 Å². The third-order valence-corrected chi connectivity index (χ3v) is 8.46. The van der Waals surface area contributed by atoms with Gasteiger partial charge in [0.2, 0.25) is 15.9 Å². The summed E-state index contributed by atoms with van der Waals surface area (Å²) in [5.41, 5.74) is 2.18. The summed E-state index contributed by atoms with van der Waals surface area (Å²) in [6.45, 7) is 1.86. The molecule has 2 heterocycles. The predicted molar refractivity (Wildman–Crippen MR) is 135 cm³/mol. The van der Waals surface area contributed by atoms with E-state index in [1.165, 1.54) is 4.31 Å². The molecule has 1 N–H and O–H groups in total. The Morgan fingerprint density at radius 3 is 2.49 bits per heavy atom. The molecule has 0 spiro atoms. The molecule has 8 heteroatoms. The Morgan fingerprint density at radius 1 is 0.943 bits per heavy atom. The van der Waals surface area contributed by atoms with Gasteiger partial charge in [0.1, 0.15) is 0 Å². The Bertz CT molecular complexity index is 1430. The molecule has 4 aromatic rings. The molecule has 0 radical (unpaired) electrons. The fraction of sp³-hybridized carbons (Fsp3) is 0.259. The molecule has 1 saturated heterocycles. The lowest BCUT2D eigenvalue weighted by atomic mass is 9.97. The highest BCUT2D eigenvalue weighted by Crippen LogP contribution is 2.26. The van der Waals surface area contributed by atoms with E-state index in [0.29, 0.717) is 37.4 Å². The second kappa shape index (κ2) is 10.0. The highest BCUT2D eigenvalue weighted by atomic mass is 32.2. The molecule has 1 amide bonds. The van der Waals surface area contributed by atoms with Gasteiger partial charge in [-0.05, 0) is 46.9 Å². The van der Waals surface area contributed by atoms with Crippen LogP contribution in [0.15, 0.2) is 90.3 Å². The summed E-state index contributed by atoms with van der Waals surface area (Å²) in [5, 5.41) is 4.94. The first kappa shape index (κ1) is 23.3. The van der Waals surface area contributed by atoms with Gasteiger partial charge in [-0.1, -0.05) is 54.6 Å². The molecule has 7 nitrogen and oxygen atoms in total. The highest BCUT2D eigenvalue weighted by molar-refractivity contribution is 7.89. The normalized spacial score (nSPS) is 15.3. The van der Waals surface area contributed by atoms with Crippen molar-refractivity contribution in [1.29, 1.82) is 0 Å². The quantitative estimate of drug-likeness (QED) is 0.429. The lowest BCUT2D eigenvalue weighted by Crippen LogP contribution is -2.42. The Morgan fingerprint density at radius 2 is 1.71 bits per heavy atom. The van der Waals surface area contributed by atoms with E-state index >= 15 is 0 Å². The Hall–Kier alpha value is -3.49. The SMILES string of the molecule is O=C(NCc1cccc(Cn2ccnc2)c1)C1CCN(S(=O)(=O)c2ccc3ccccc3c2)CC1. The predicted octanol–water partition coefficient (Wildman–Crippen LogP) is 3.80. The summed E-state index contributed by atoms with van der Waals surface area (Å²) in [6.07, 6.45) is 6.48. The fourth-order valence-electron chi connectivity index (χ4n) is 4.60. The summed E-state index contributed by atoms with van der Waals surface area (Å²) in [4.78, 5) is 17.2. The van der Waals surface area contributed by atoms with Crippen LogP contribution in [-0.2, 0) is 27.9 Å². The maximum Gasteiger partial charge on any atom is 0.243 e. The first-order valence-electron chi connectivity index (χ1n) is 11.8. The van der Waals surface area contributed by atoms with Gasteiger partial charge in [-0.2, -0.15) is 4.31 Å². The van der Waals surface area contributed by atoms with Gasteiger partial charge in [-0.3, -0.25) is 4.79 Å². The van der Waals surface area contributed by atoms with Crippen molar-refractivity contribution in [2.75, 3.05) is 13.1 Å². The van der Waals surface area contributed by atoms with Crippen LogP contribution in [0, 0.1) is 5.92 Å².